The Hall–Kier alpha value is -1.15. The van der Waals surface area contributed by atoms with Gasteiger partial charge in [0.25, 0.3) is 5.91 Å². The third-order valence-corrected chi connectivity index (χ3v) is 7.83. The highest BCUT2D eigenvalue weighted by Gasteiger charge is 2.56. The predicted molar refractivity (Wildman–Crippen MR) is 99.2 cm³/mol. The molecule has 3 amide bonds. The number of rotatable bonds is 4. The molecule has 2 saturated heterocycles. The van der Waals surface area contributed by atoms with Gasteiger partial charge in [0.2, 0.25) is 0 Å². The number of carbonyl (C=O) groups excluding carboxylic acids is 2. The van der Waals surface area contributed by atoms with Gasteiger partial charge >= 0.3 is 6.03 Å². The Kier molecular flexibility index (Phi) is 4.88. The molecule has 3 fully saturated rings. The molecule has 148 valence electrons. The largest absolute Gasteiger partial charge is 0.326 e. The maximum atomic E-state index is 13.2. The van der Waals surface area contributed by atoms with Crippen molar-refractivity contribution >= 4 is 21.8 Å². The minimum absolute atomic E-state index is 0.000586. The molecule has 3 aliphatic rings. The Morgan fingerprint density at radius 3 is 2.50 bits per heavy atom. The number of urea groups is 1. The second kappa shape index (κ2) is 6.48. The highest BCUT2D eigenvalue weighted by atomic mass is 32.2. The molecule has 0 aromatic rings. The fourth-order valence-corrected chi connectivity index (χ4v) is 7.11. The van der Waals surface area contributed by atoms with Crippen molar-refractivity contribution < 1.29 is 18.0 Å². The number of carbonyl (C=O) groups is 2. The molecular formula is C18H31N3O4S. The molecule has 1 saturated carbocycles. The van der Waals surface area contributed by atoms with Gasteiger partial charge in [-0.15, -0.1) is 0 Å². The van der Waals surface area contributed by atoms with Crippen LogP contribution in [0.5, 0.6) is 0 Å². The van der Waals surface area contributed by atoms with Gasteiger partial charge in [-0.05, 0) is 43.6 Å². The highest BCUT2D eigenvalue weighted by Crippen LogP contribution is 2.46. The topological polar surface area (TPSA) is 86.8 Å². The average Bonchev–Trinajstić information content (AvgIpc) is 2.94. The summed E-state index contributed by atoms with van der Waals surface area (Å²) < 4.78 is 23.6. The molecule has 26 heavy (non-hydrogen) atoms. The fourth-order valence-electron chi connectivity index (χ4n) is 5.35. The van der Waals surface area contributed by atoms with Gasteiger partial charge in [-0.3, -0.25) is 9.69 Å². The van der Waals surface area contributed by atoms with Gasteiger partial charge in [-0.2, -0.15) is 0 Å². The van der Waals surface area contributed by atoms with Gasteiger partial charge in [0.1, 0.15) is 5.54 Å². The van der Waals surface area contributed by atoms with Crippen molar-refractivity contribution in [2.75, 3.05) is 24.7 Å². The molecule has 3 atom stereocenters. The van der Waals surface area contributed by atoms with E-state index < -0.39 is 15.4 Å². The molecule has 7 nitrogen and oxygen atoms in total. The van der Waals surface area contributed by atoms with Gasteiger partial charge in [0.15, 0.2) is 9.84 Å². The monoisotopic (exact) mass is 385 g/mol. The Balaban J connectivity index is 1.77. The Bertz CT molecular complexity index is 705. The van der Waals surface area contributed by atoms with Gasteiger partial charge in [0, 0.05) is 6.04 Å². The maximum absolute atomic E-state index is 13.2. The van der Waals surface area contributed by atoms with Crippen LogP contribution in [-0.2, 0) is 14.6 Å². The molecule has 0 aromatic carbocycles. The average molecular weight is 386 g/mol. The van der Waals surface area contributed by atoms with Crippen molar-refractivity contribution in [1.29, 1.82) is 0 Å². The van der Waals surface area contributed by atoms with Crippen LogP contribution in [0.4, 0.5) is 4.79 Å². The zero-order valence-electron chi connectivity index (χ0n) is 16.2. The second-order valence-corrected chi connectivity index (χ2v) is 11.4. The van der Waals surface area contributed by atoms with Gasteiger partial charge in [-0.1, -0.05) is 27.7 Å². The first-order valence-corrected chi connectivity index (χ1v) is 11.4. The number of imide groups is 1. The zero-order valence-corrected chi connectivity index (χ0v) is 17.1. The number of hydrogen-bond donors (Lipinski definition) is 1. The molecular weight excluding hydrogens is 354 g/mol. The lowest BCUT2D eigenvalue weighted by atomic mass is 9.64. The number of amides is 3. The van der Waals surface area contributed by atoms with E-state index in [0.29, 0.717) is 31.7 Å². The van der Waals surface area contributed by atoms with Crippen LogP contribution in [0.25, 0.3) is 0 Å². The summed E-state index contributed by atoms with van der Waals surface area (Å²) in [5.41, 5.74) is -0.806. The van der Waals surface area contributed by atoms with Crippen molar-refractivity contribution in [2.45, 2.75) is 65.0 Å². The lowest BCUT2D eigenvalue weighted by molar-refractivity contribution is -0.136. The minimum atomic E-state index is -3.01. The van der Waals surface area contributed by atoms with Crippen LogP contribution in [-0.4, -0.2) is 66.5 Å². The van der Waals surface area contributed by atoms with E-state index in [1.165, 1.54) is 4.90 Å². The molecule has 0 bridgehead atoms. The molecule has 2 aliphatic heterocycles. The van der Waals surface area contributed by atoms with E-state index >= 15 is 0 Å². The summed E-state index contributed by atoms with van der Waals surface area (Å²) in [5.74, 6) is 0.510. The van der Waals surface area contributed by atoms with Crippen molar-refractivity contribution in [3.63, 3.8) is 0 Å². The summed E-state index contributed by atoms with van der Waals surface area (Å²) >= 11 is 0. The normalized spacial score (nSPS) is 36.1. The zero-order chi connectivity index (χ0) is 19.3. The van der Waals surface area contributed by atoms with Crippen molar-refractivity contribution in [3.8, 4) is 0 Å². The Morgan fingerprint density at radius 2 is 1.96 bits per heavy atom. The van der Waals surface area contributed by atoms with Crippen molar-refractivity contribution in [1.82, 2.24) is 15.1 Å². The highest BCUT2D eigenvalue weighted by molar-refractivity contribution is 7.91. The first-order valence-electron chi connectivity index (χ1n) is 9.55. The predicted octanol–water partition coefficient (Wildman–Crippen LogP) is 1.59. The Morgan fingerprint density at radius 1 is 1.27 bits per heavy atom. The van der Waals surface area contributed by atoms with Crippen LogP contribution < -0.4 is 5.32 Å². The van der Waals surface area contributed by atoms with Crippen molar-refractivity contribution in [2.24, 2.45) is 11.3 Å². The summed E-state index contributed by atoms with van der Waals surface area (Å²) in [7, 11) is -3.01. The van der Waals surface area contributed by atoms with E-state index in [9.17, 15) is 18.0 Å². The van der Waals surface area contributed by atoms with Crippen LogP contribution in [0, 0.1) is 11.3 Å². The number of hydrogen-bond acceptors (Lipinski definition) is 5. The van der Waals surface area contributed by atoms with Crippen LogP contribution in [0.15, 0.2) is 0 Å². The maximum Gasteiger partial charge on any atom is 0.326 e. The van der Waals surface area contributed by atoms with Gasteiger partial charge in [-0.25, -0.2) is 18.1 Å². The van der Waals surface area contributed by atoms with E-state index in [1.807, 2.05) is 11.8 Å². The molecule has 1 aliphatic carbocycles. The minimum Gasteiger partial charge on any atom is -0.323 e. The van der Waals surface area contributed by atoms with E-state index in [1.54, 1.807) is 0 Å². The van der Waals surface area contributed by atoms with Gasteiger partial charge < -0.3 is 5.32 Å². The fraction of sp³-hybridized carbons (Fsp3) is 0.889. The number of nitrogens with one attached hydrogen (secondary N) is 1. The number of nitrogens with zero attached hydrogens (tertiary/aromatic N) is 2. The van der Waals surface area contributed by atoms with E-state index in [2.05, 4.69) is 26.1 Å². The third kappa shape index (κ3) is 3.63. The summed E-state index contributed by atoms with van der Waals surface area (Å²) in [6.07, 6.45) is 2.92. The van der Waals surface area contributed by atoms with E-state index in [-0.39, 0.29) is 41.6 Å². The van der Waals surface area contributed by atoms with Crippen LogP contribution in [0.2, 0.25) is 0 Å². The lowest BCUT2D eigenvalue weighted by Crippen LogP contribution is -2.54. The molecule has 0 radical (unpaired) electrons. The number of sulfone groups is 1. The van der Waals surface area contributed by atoms with E-state index in [4.69, 9.17) is 0 Å². The van der Waals surface area contributed by atoms with Gasteiger partial charge in [0.05, 0.1) is 18.2 Å². The summed E-state index contributed by atoms with van der Waals surface area (Å²) in [6, 6.07) is -0.469. The summed E-state index contributed by atoms with van der Waals surface area (Å²) in [5, 5.41) is 2.98. The molecule has 0 aromatic heterocycles. The van der Waals surface area contributed by atoms with Crippen LogP contribution >= 0.6 is 0 Å². The summed E-state index contributed by atoms with van der Waals surface area (Å²) in [4.78, 5) is 29.1. The third-order valence-electron chi connectivity index (χ3n) is 6.08. The second-order valence-electron chi connectivity index (χ2n) is 9.20. The molecule has 1 spiro atoms. The SMILES string of the molecule is CCN(CN1C(=O)N[C@]2(C[C@@H](C)CC(C)(C)C2)C1=O)[C@@H]1CCS(=O)(=O)C1. The lowest BCUT2D eigenvalue weighted by Gasteiger charge is -2.44. The van der Waals surface area contributed by atoms with Crippen LogP contribution in [0.3, 0.4) is 0 Å². The first-order chi connectivity index (χ1) is 12.0. The summed E-state index contributed by atoms with van der Waals surface area (Å²) in [6.45, 7) is 9.13. The molecule has 3 rings (SSSR count). The van der Waals surface area contributed by atoms with Crippen LogP contribution in [0.1, 0.15) is 53.4 Å². The standard InChI is InChI=1S/C18H31N3O4S/c1-5-20(14-6-7-26(24,25)10-14)12-21-15(22)18(19-16(21)23)9-13(2)8-17(3,4)11-18/h13-14H,5-12H2,1-4H3,(H,19,23)/t13-,14+,18-/m0/s1. The van der Waals surface area contributed by atoms with Crippen molar-refractivity contribution in [3.05, 3.63) is 0 Å². The molecule has 2 heterocycles. The quantitative estimate of drug-likeness (QED) is 0.743. The molecule has 1 N–H and O–H groups in total. The molecule has 8 heteroatoms. The van der Waals surface area contributed by atoms with E-state index in [0.717, 1.165) is 6.42 Å². The molecule has 0 unspecified atom stereocenters. The smallest absolute Gasteiger partial charge is 0.323 e. The Labute approximate surface area is 156 Å². The first kappa shape index (κ1) is 19.6.